The van der Waals surface area contributed by atoms with Crippen molar-refractivity contribution in [1.82, 2.24) is 20.4 Å². The van der Waals surface area contributed by atoms with Crippen LogP contribution >= 0.6 is 0 Å². The summed E-state index contributed by atoms with van der Waals surface area (Å²) in [6.07, 6.45) is 1.66. The first kappa shape index (κ1) is 25.0. The lowest BCUT2D eigenvalue weighted by molar-refractivity contribution is -0.126. The third kappa shape index (κ3) is 7.14. The zero-order valence-corrected chi connectivity index (χ0v) is 18.5. The fourth-order valence-electron chi connectivity index (χ4n) is 3.23. The maximum absolute atomic E-state index is 13.3. The van der Waals surface area contributed by atoms with Gasteiger partial charge in [0.25, 0.3) is 5.91 Å². The van der Waals surface area contributed by atoms with Gasteiger partial charge >= 0.3 is 0 Å². The summed E-state index contributed by atoms with van der Waals surface area (Å²) in [6, 6.07) is 3.41. The Balaban J connectivity index is 1.98. The average molecular weight is 450 g/mol. The molecule has 0 saturated carbocycles. The van der Waals surface area contributed by atoms with Crippen molar-refractivity contribution in [3.05, 3.63) is 47.2 Å². The fraction of sp³-hybridized carbons (Fsp3) is 0.455. The van der Waals surface area contributed by atoms with E-state index in [1.54, 1.807) is 11.8 Å². The smallest absolute Gasteiger partial charge is 0.271 e. The Morgan fingerprint density at radius 1 is 1.03 bits per heavy atom. The van der Waals surface area contributed by atoms with Gasteiger partial charge in [-0.15, -0.1) is 0 Å². The quantitative estimate of drug-likeness (QED) is 0.490. The van der Waals surface area contributed by atoms with Crippen LogP contribution in [0.25, 0.3) is 0 Å². The summed E-state index contributed by atoms with van der Waals surface area (Å²) in [5, 5.41) is 11.7. The lowest BCUT2D eigenvalue weighted by atomic mass is 10.1. The van der Waals surface area contributed by atoms with Crippen molar-refractivity contribution in [3.8, 4) is 0 Å². The predicted molar refractivity (Wildman–Crippen MR) is 116 cm³/mol. The van der Waals surface area contributed by atoms with Crippen molar-refractivity contribution < 1.29 is 23.2 Å². The normalized spacial score (nSPS) is 11.7. The zero-order valence-electron chi connectivity index (χ0n) is 18.5. The fourth-order valence-corrected chi connectivity index (χ4v) is 3.23. The summed E-state index contributed by atoms with van der Waals surface area (Å²) in [5.74, 6) is -2.67. The predicted octanol–water partition coefficient (Wildman–Crippen LogP) is 3.03. The van der Waals surface area contributed by atoms with Gasteiger partial charge in [-0.2, -0.15) is 5.10 Å². The second-order valence-corrected chi connectivity index (χ2v) is 7.43. The molecule has 3 amide bonds. The molecule has 1 aromatic carbocycles. The Kier molecular flexibility index (Phi) is 9.30. The first-order chi connectivity index (χ1) is 15.3. The molecule has 174 valence electrons. The lowest BCUT2D eigenvalue weighted by Gasteiger charge is -2.20. The van der Waals surface area contributed by atoms with Crippen LogP contribution in [-0.4, -0.2) is 52.0 Å². The maximum atomic E-state index is 13.3. The van der Waals surface area contributed by atoms with E-state index < -0.39 is 29.5 Å². The van der Waals surface area contributed by atoms with Crippen molar-refractivity contribution in [3.63, 3.8) is 0 Å². The van der Waals surface area contributed by atoms with E-state index in [2.05, 4.69) is 20.8 Å². The van der Waals surface area contributed by atoms with E-state index in [1.807, 2.05) is 13.8 Å². The molecule has 0 fully saturated rings. The molecule has 0 saturated heterocycles. The SMILES string of the molecule is CCCN(CCC)C(=O)c1cc(NC(=O)C(CC)NC(=O)Cc2cc(F)cc(F)c2)n[nH]1. The number of aromatic amines is 1. The van der Waals surface area contributed by atoms with Crippen LogP contribution in [0.3, 0.4) is 0 Å². The maximum Gasteiger partial charge on any atom is 0.271 e. The van der Waals surface area contributed by atoms with Crippen LogP contribution in [0.2, 0.25) is 0 Å². The molecule has 2 aromatic rings. The molecule has 0 radical (unpaired) electrons. The zero-order chi connectivity index (χ0) is 23.7. The number of carbonyl (C=O) groups excluding carboxylic acids is 3. The third-order valence-electron chi connectivity index (χ3n) is 4.68. The van der Waals surface area contributed by atoms with Gasteiger partial charge < -0.3 is 15.5 Å². The van der Waals surface area contributed by atoms with E-state index in [0.717, 1.165) is 31.0 Å². The Bertz CT molecular complexity index is 921. The van der Waals surface area contributed by atoms with Crippen LogP contribution in [0.1, 0.15) is 56.1 Å². The molecule has 1 aromatic heterocycles. The first-order valence-electron chi connectivity index (χ1n) is 10.7. The number of amides is 3. The Hall–Kier alpha value is -3.30. The van der Waals surface area contributed by atoms with Crippen molar-refractivity contribution in [1.29, 1.82) is 0 Å². The van der Waals surface area contributed by atoms with E-state index in [9.17, 15) is 23.2 Å². The van der Waals surface area contributed by atoms with E-state index in [-0.39, 0.29) is 35.8 Å². The molecule has 0 aliphatic carbocycles. The van der Waals surface area contributed by atoms with Gasteiger partial charge in [0.1, 0.15) is 23.4 Å². The summed E-state index contributed by atoms with van der Waals surface area (Å²) in [7, 11) is 0. The number of rotatable bonds is 11. The van der Waals surface area contributed by atoms with Crippen LogP contribution in [0.5, 0.6) is 0 Å². The number of nitrogens with zero attached hydrogens (tertiary/aromatic N) is 2. The monoisotopic (exact) mass is 449 g/mol. The van der Waals surface area contributed by atoms with Gasteiger partial charge in [-0.05, 0) is 37.0 Å². The van der Waals surface area contributed by atoms with E-state index >= 15 is 0 Å². The number of halogens is 2. The molecule has 32 heavy (non-hydrogen) atoms. The van der Waals surface area contributed by atoms with Crippen LogP contribution in [-0.2, 0) is 16.0 Å². The van der Waals surface area contributed by atoms with Crippen LogP contribution < -0.4 is 10.6 Å². The van der Waals surface area contributed by atoms with Crippen molar-refractivity contribution in [2.24, 2.45) is 0 Å². The summed E-state index contributed by atoms with van der Waals surface area (Å²) in [5.41, 5.74) is 0.418. The summed E-state index contributed by atoms with van der Waals surface area (Å²) in [6.45, 7) is 6.91. The molecule has 0 spiro atoms. The van der Waals surface area contributed by atoms with Gasteiger partial charge in [0.15, 0.2) is 5.82 Å². The molecule has 0 aliphatic heterocycles. The van der Waals surface area contributed by atoms with Gasteiger partial charge in [-0.3, -0.25) is 19.5 Å². The number of aromatic nitrogens is 2. The average Bonchev–Trinajstić information content (AvgIpc) is 3.18. The Labute approximate surface area is 185 Å². The van der Waals surface area contributed by atoms with E-state index in [0.29, 0.717) is 13.1 Å². The second kappa shape index (κ2) is 11.9. The van der Waals surface area contributed by atoms with Gasteiger partial charge in [0.05, 0.1) is 6.42 Å². The number of nitrogens with one attached hydrogen (secondary N) is 3. The minimum atomic E-state index is -0.881. The number of carbonyl (C=O) groups is 3. The lowest BCUT2D eigenvalue weighted by Crippen LogP contribution is -2.44. The number of H-pyrrole nitrogens is 1. The standard InChI is InChI=1S/C22H29F2N5O3/c1-4-7-29(8-5-2)22(32)18-13-19(28-27-18)26-21(31)17(6-3)25-20(30)11-14-9-15(23)12-16(24)10-14/h9-10,12-13,17H,4-8,11H2,1-3H3,(H,25,30)(H2,26,27,28,31). The molecule has 1 heterocycles. The highest BCUT2D eigenvalue weighted by atomic mass is 19.1. The number of anilines is 1. The molecule has 0 aliphatic rings. The minimum absolute atomic E-state index is 0.159. The highest BCUT2D eigenvalue weighted by Gasteiger charge is 2.22. The van der Waals surface area contributed by atoms with Crippen molar-refractivity contribution in [2.45, 2.75) is 52.5 Å². The Morgan fingerprint density at radius 3 is 2.22 bits per heavy atom. The second-order valence-electron chi connectivity index (χ2n) is 7.43. The molecular weight excluding hydrogens is 420 g/mol. The van der Waals surface area contributed by atoms with Crippen LogP contribution in [0, 0.1) is 11.6 Å². The van der Waals surface area contributed by atoms with Crippen molar-refractivity contribution in [2.75, 3.05) is 18.4 Å². The van der Waals surface area contributed by atoms with E-state index in [1.165, 1.54) is 6.07 Å². The highest BCUT2D eigenvalue weighted by Crippen LogP contribution is 2.11. The largest absolute Gasteiger partial charge is 0.344 e. The molecule has 0 bridgehead atoms. The summed E-state index contributed by atoms with van der Waals surface area (Å²) < 4.78 is 26.6. The summed E-state index contributed by atoms with van der Waals surface area (Å²) >= 11 is 0. The summed E-state index contributed by atoms with van der Waals surface area (Å²) in [4.78, 5) is 39.1. The molecule has 2 rings (SSSR count). The highest BCUT2D eigenvalue weighted by molar-refractivity contribution is 5.98. The van der Waals surface area contributed by atoms with Crippen LogP contribution in [0.15, 0.2) is 24.3 Å². The molecule has 10 heteroatoms. The number of benzene rings is 1. The van der Waals surface area contributed by atoms with Gasteiger partial charge in [0.2, 0.25) is 11.8 Å². The van der Waals surface area contributed by atoms with E-state index in [4.69, 9.17) is 0 Å². The van der Waals surface area contributed by atoms with Crippen molar-refractivity contribution >= 4 is 23.5 Å². The molecule has 1 atom stereocenters. The molecule has 8 nitrogen and oxygen atoms in total. The first-order valence-corrected chi connectivity index (χ1v) is 10.7. The van der Waals surface area contributed by atoms with Gasteiger partial charge in [0, 0.05) is 25.2 Å². The molecule has 1 unspecified atom stereocenters. The topological polar surface area (TPSA) is 107 Å². The van der Waals surface area contributed by atoms with Gasteiger partial charge in [-0.1, -0.05) is 20.8 Å². The number of hydrogen-bond donors (Lipinski definition) is 3. The Morgan fingerprint density at radius 2 is 1.66 bits per heavy atom. The molecular formula is C22H29F2N5O3. The third-order valence-corrected chi connectivity index (χ3v) is 4.68. The van der Waals surface area contributed by atoms with Gasteiger partial charge in [-0.25, -0.2) is 8.78 Å². The van der Waals surface area contributed by atoms with Crippen LogP contribution in [0.4, 0.5) is 14.6 Å². The minimum Gasteiger partial charge on any atom is -0.344 e. The number of hydrogen-bond acceptors (Lipinski definition) is 4. The molecule has 3 N–H and O–H groups in total.